The van der Waals surface area contributed by atoms with Crippen molar-refractivity contribution in [1.82, 2.24) is 15.1 Å². The molecule has 160 valence electrons. The summed E-state index contributed by atoms with van der Waals surface area (Å²) in [5.41, 5.74) is 1.66. The maximum Gasteiger partial charge on any atom is 0.267 e. The van der Waals surface area contributed by atoms with Crippen LogP contribution in [0.1, 0.15) is 24.9 Å². The van der Waals surface area contributed by atoms with Gasteiger partial charge in [0, 0.05) is 18.1 Å². The van der Waals surface area contributed by atoms with Crippen molar-refractivity contribution in [3.63, 3.8) is 0 Å². The van der Waals surface area contributed by atoms with E-state index in [1.54, 1.807) is 25.1 Å². The van der Waals surface area contributed by atoms with Crippen molar-refractivity contribution >= 4 is 5.91 Å². The maximum absolute atomic E-state index is 13.1. The third-order valence-corrected chi connectivity index (χ3v) is 4.95. The fourth-order valence-corrected chi connectivity index (χ4v) is 3.30. The molecule has 1 aliphatic rings. The molecule has 0 saturated heterocycles. The van der Waals surface area contributed by atoms with Gasteiger partial charge in [-0.25, -0.2) is 9.07 Å². The van der Waals surface area contributed by atoms with Crippen LogP contribution < -0.4 is 20.3 Å². The van der Waals surface area contributed by atoms with Gasteiger partial charge in [0.2, 0.25) is 5.91 Å². The molecule has 0 radical (unpaired) electrons. The molecule has 4 rings (SSSR count). The molecule has 1 N–H and O–H groups in total. The number of rotatable bonds is 5. The van der Waals surface area contributed by atoms with E-state index >= 15 is 0 Å². The van der Waals surface area contributed by atoms with Gasteiger partial charge in [-0.1, -0.05) is 12.1 Å². The van der Waals surface area contributed by atoms with E-state index in [-0.39, 0.29) is 29.9 Å². The molecule has 0 aliphatic carbocycles. The molecule has 7 nitrogen and oxygen atoms in total. The number of carbonyl (C=O) groups is 1. The van der Waals surface area contributed by atoms with Crippen molar-refractivity contribution in [3.05, 3.63) is 76.3 Å². The van der Waals surface area contributed by atoms with Gasteiger partial charge in [-0.3, -0.25) is 9.59 Å². The summed E-state index contributed by atoms with van der Waals surface area (Å²) in [4.78, 5) is 24.7. The molecular weight excluding hydrogens is 401 g/mol. The molecule has 1 amide bonds. The lowest BCUT2D eigenvalue weighted by molar-refractivity contribution is -0.122. The van der Waals surface area contributed by atoms with Crippen LogP contribution in [0.2, 0.25) is 0 Å². The lowest BCUT2D eigenvalue weighted by Crippen LogP contribution is -2.34. The van der Waals surface area contributed by atoms with Gasteiger partial charge in [0.05, 0.1) is 24.9 Å². The summed E-state index contributed by atoms with van der Waals surface area (Å²) in [6, 6.07) is 14.0. The van der Waals surface area contributed by atoms with Gasteiger partial charge < -0.3 is 14.8 Å². The molecule has 2 aromatic carbocycles. The molecule has 1 aromatic heterocycles. The summed E-state index contributed by atoms with van der Waals surface area (Å²) in [6.07, 6.45) is 0.804. The van der Waals surface area contributed by atoms with E-state index in [0.717, 1.165) is 22.2 Å². The summed E-state index contributed by atoms with van der Waals surface area (Å²) >= 11 is 0. The Balaban J connectivity index is 1.50. The van der Waals surface area contributed by atoms with Crippen LogP contribution in [0.25, 0.3) is 11.3 Å². The Labute approximate surface area is 178 Å². The second-order valence-corrected chi connectivity index (χ2v) is 7.27. The van der Waals surface area contributed by atoms with Crippen LogP contribution in [0.5, 0.6) is 11.5 Å². The minimum Gasteiger partial charge on any atom is -0.490 e. The highest BCUT2D eigenvalue weighted by atomic mass is 19.1. The fourth-order valence-electron chi connectivity index (χ4n) is 3.30. The molecule has 1 aliphatic heterocycles. The van der Waals surface area contributed by atoms with Crippen LogP contribution in [0, 0.1) is 5.82 Å². The predicted octanol–water partition coefficient (Wildman–Crippen LogP) is 3.09. The number of hydrogen-bond acceptors (Lipinski definition) is 5. The van der Waals surface area contributed by atoms with Crippen molar-refractivity contribution in [2.45, 2.75) is 25.9 Å². The Morgan fingerprint density at radius 1 is 1.10 bits per heavy atom. The summed E-state index contributed by atoms with van der Waals surface area (Å²) in [7, 11) is 0. The number of hydrogen-bond donors (Lipinski definition) is 1. The predicted molar refractivity (Wildman–Crippen MR) is 112 cm³/mol. The Morgan fingerprint density at radius 3 is 2.61 bits per heavy atom. The van der Waals surface area contributed by atoms with Gasteiger partial charge in [0.15, 0.2) is 11.5 Å². The van der Waals surface area contributed by atoms with E-state index in [2.05, 4.69) is 10.4 Å². The first-order chi connectivity index (χ1) is 15.0. The lowest BCUT2D eigenvalue weighted by Gasteiger charge is -2.15. The van der Waals surface area contributed by atoms with Crippen molar-refractivity contribution < 1.29 is 18.7 Å². The zero-order chi connectivity index (χ0) is 21.8. The van der Waals surface area contributed by atoms with Crippen molar-refractivity contribution in [2.75, 3.05) is 13.2 Å². The topological polar surface area (TPSA) is 82.5 Å². The molecule has 0 unspecified atom stereocenters. The molecule has 1 atom stereocenters. The van der Waals surface area contributed by atoms with Crippen molar-refractivity contribution in [1.29, 1.82) is 0 Å². The molecular formula is C23H22FN3O4. The summed E-state index contributed by atoms with van der Waals surface area (Å²) in [5.74, 6) is 0.580. The summed E-state index contributed by atoms with van der Waals surface area (Å²) < 4.78 is 25.6. The minimum absolute atomic E-state index is 0.233. The first-order valence-corrected chi connectivity index (χ1v) is 10.0. The second kappa shape index (κ2) is 8.99. The highest BCUT2D eigenvalue weighted by Gasteiger charge is 2.15. The van der Waals surface area contributed by atoms with E-state index in [4.69, 9.17) is 9.47 Å². The van der Waals surface area contributed by atoms with Crippen LogP contribution in [0.15, 0.2) is 59.4 Å². The Kier molecular flexibility index (Phi) is 5.97. The van der Waals surface area contributed by atoms with Crippen LogP contribution in [0.3, 0.4) is 0 Å². The second-order valence-electron chi connectivity index (χ2n) is 7.27. The van der Waals surface area contributed by atoms with Crippen molar-refractivity contribution in [3.8, 4) is 22.8 Å². The van der Waals surface area contributed by atoms with Crippen LogP contribution in [0.4, 0.5) is 4.39 Å². The molecule has 0 bridgehead atoms. The third kappa shape index (κ3) is 4.91. The number of halogens is 1. The first-order valence-electron chi connectivity index (χ1n) is 10.0. The van der Waals surface area contributed by atoms with Gasteiger partial charge in [-0.2, -0.15) is 5.10 Å². The summed E-state index contributed by atoms with van der Waals surface area (Å²) in [5, 5.41) is 7.14. The number of amides is 1. The first kappa shape index (κ1) is 20.6. The summed E-state index contributed by atoms with van der Waals surface area (Å²) in [6.45, 7) is 2.72. The van der Waals surface area contributed by atoms with Gasteiger partial charge in [-0.05, 0) is 48.9 Å². The van der Waals surface area contributed by atoms with E-state index < -0.39 is 0 Å². The van der Waals surface area contributed by atoms with Crippen LogP contribution in [-0.4, -0.2) is 28.9 Å². The average molecular weight is 423 g/mol. The van der Waals surface area contributed by atoms with Crippen LogP contribution in [-0.2, 0) is 11.3 Å². The Hall–Kier alpha value is -3.68. The number of nitrogens with one attached hydrogen (secondary N) is 1. The number of ether oxygens (including phenoxy) is 2. The molecule has 0 fully saturated rings. The van der Waals surface area contributed by atoms with Gasteiger partial charge in [-0.15, -0.1) is 0 Å². The number of fused-ring (bicyclic) bond motifs is 1. The molecule has 31 heavy (non-hydrogen) atoms. The smallest absolute Gasteiger partial charge is 0.267 e. The van der Waals surface area contributed by atoms with Crippen molar-refractivity contribution in [2.24, 2.45) is 0 Å². The SMILES string of the molecule is C[C@H](NC(=O)Cn1nc(-c2ccc3c(c2)OCCCO3)ccc1=O)c1ccc(F)cc1. The zero-order valence-electron chi connectivity index (χ0n) is 17.0. The number of nitrogens with zero attached hydrogens (tertiary/aromatic N) is 2. The van der Waals surface area contributed by atoms with E-state index in [1.165, 1.54) is 18.2 Å². The third-order valence-electron chi connectivity index (χ3n) is 4.95. The quantitative estimate of drug-likeness (QED) is 0.682. The normalized spacial score (nSPS) is 13.9. The molecule has 0 saturated carbocycles. The molecule has 8 heteroatoms. The highest BCUT2D eigenvalue weighted by molar-refractivity contribution is 5.76. The zero-order valence-corrected chi connectivity index (χ0v) is 17.0. The molecule has 0 spiro atoms. The van der Waals surface area contributed by atoms with E-state index in [1.807, 2.05) is 18.2 Å². The monoisotopic (exact) mass is 423 g/mol. The number of carbonyl (C=O) groups excluding carboxylic acids is 1. The largest absolute Gasteiger partial charge is 0.490 e. The number of aromatic nitrogens is 2. The molecule has 2 heterocycles. The Morgan fingerprint density at radius 2 is 1.84 bits per heavy atom. The van der Waals surface area contributed by atoms with E-state index in [9.17, 15) is 14.0 Å². The minimum atomic E-state index is -0.386. The van der Waals surface area contributed by atoms with Crippen LogP contribution >= 0.6 is 0 Å². The van der Waals surface area contributed by atoms with Gasteiger partial charge >= 0.3 is 0 Å². The standard InChI is InChI=1S/C23H22FN3O4/c1-15(16-3-6-18(24)7-4-16)25-22(28)14-27-23(29)10-8-19(26-27)17-5-9-20-21(13-17)31-12-2-11-30-20/h3-10,13,15H,2,11-12,14H2,1H3,(H,25,28)/t15-/m0/s1. The molecule has 3 aromatic rings. The van der Waals surface area contributed by atoms with Gasteiger partial charge in [0.25, 0.3) is 5.56 Å². The highest BCUT2D eigenvalue weighted by Crippen LogP contribution is 2.33. The lowest BCUT2D eigenvalue weighted by atomic mass is 10.1. The Bertz CT molecular complexity index is 1140. The fraction of sp³-hybridized carbons (Fsp3) is 0.261. The number of benzene rings is 2. The maximum atomic E-state index is 13.1. The van der Waals surface area contributed by atoms with E-state index in [0.29, 0.717) is 30.4 Å². The van der Waals surface area contributed by atoms with Gasteiger partial charge in [0.1, 0.15) is 12.4 Å². The average Bonchev–Trinajstić information content (AvgIpc) is 3.00.